The third-order valence-electron chi connectivity index (χ3n) is 3.34. The Morgan fingerprint density at radius 3 is 2.00 bits per heavy atom. The molecule has 0 heterocycles. The van der Waals surface area contributed by atoms with Gasteiger partial charge >= 0.3 is 0 Å². The monoisotopic (exact) mass is 224 g/mol. The summed E-state index contributed by atoms with van der Waals surface area (Å²) >= 11 is 0. The molecule has 0 aliphatic heterocycles. The summed E-state index contributed by atoms with van der Waals surface area (Å²) in [7, 11) is 0. The van der Waals surface area contributed by atoms with Crippen molar-refractivity contribution in [2.24, 2.45) is 5.92 Å². The molecule has 0 heteroatoms. The Labute approximate surface area is 104 Å². The van der Waals surface area contributed by atoms with Gasteiger partial charge in [0.1, 0.15) is 0 Å². The van der Waals surface area contributed by atoms with Crippen LogP contribution in [0.4, 0.5) is 0 Å². The average molecular weight is 224 g/mol. The van der Waals surface area contributed by atoms with E-state index < -0.39 is 0 Å². The molecule has 0 nitrogen and oxygen atoms in total. The number of rotatable bonds is 4. The fourth-order valence-corrected chi connectivity index (χ4v) is 2.01. The Morgan fingerprint density at radius 2 is 1.41 bits per heavy atom. The molecule has 1 atom stereocenters. The van der Waals surface area contributed by atoms with Crippen LogP contribution in [0.15, 0.2) is 54.6 Å². The van der Waals surface area contributed by atoms with Crippen LogP contribution in [0.5, 0.6) is 0 Å². The van der Waals surface area contributed by atoms with Crippen molar-refractivity contribution in [1.82, 2.24) is 0 Å². The molecule has 0 aromatic heterocycles. The van der Waals surface area contributed by atoms with Gasteiger partial charge in [0.15, 0.2) is 0 Å². The van der Waals surface area contributed by atoms with Crippen LogP contribution in [0.25, 0.3) is 11.1 Å². The minimum absolute atomic E-state index is 0.776. The highest BCUT2D eigenvalue weighted by Crippen LogP contribution is 2.20. The van der Waals surface area contributed by atoms with Crippen molar-refractivity contribution in [1.29, 1.82) is 0 Å². The van der Waals surface area contributed by atoms with Crippen LogP contribution in [-0.2, 0) is 6.42 Å². The van der Waals surface area contributed by atoms with E-state index in [1.807, 2.05) is 0 Å². The first kappa shape index (κ1) is 11.9. The summed E-state index contributed by atoms with van der Waals surface area (Å²) in [6.07, 6.45) is 2.44. The Hall–Kier alpha value is -1.56. The van der Waals surface area contributed by atoms with Crippen molar-refractivity contribution in [2.75, 3.05) is 0 Å². The van der Waals surface area contributed by atoms with Gasteiger partial charge in [-0.15, -0.1) is 0 Å². The fraction of sp³-hybridized carbons (Fsp3) is 0.294. The first-order valence-corrected chi connectivity index (χ1v) is 6.44. The van der Waals surface area contributed by atoms with Crippen LogP contribution >= 0.6 is 0 Å². The maximum atomic E-state index is 2.31. The van der Waals surface area contributed by atoms with Crippen molar-refractivity contribution in [3.05, 3.63) is 60.2 Å². The summed E-state index contributed by atoms with van der Waals surface area (Å²) in [6, 6.07) is 19.5. The van der Waals surface area contributed by atoms with Crippen LogP contribution in [0.2, 0.25) is 0 Å². The molecule has 2 aromatic rings. The van der Waals surface area contributed by atoms with Crippen LogP contribution in [0, 0.1) is 5.92 Å². The minimum atomic E-state index is 0.776. The summed E-state index contributed by atoms with van der Waals surface area (Å²) in [5, 5.41) is 0. The highest BCUT2D eigenvalue weighted by Gasteiger charge is 2.01. The molecule has 2 rings (SSSR count). The van der Waals surface area contributed by atoms with E-state index in [2.05, 4.69) is 68.4 Å². The van der Waals surface area contributed by atoms with E-state index in [1.54, 1.807) is 0 Å². The van der Waals surface area contributed by atoms with Gasteiger partial charge in [-0.1, -0.05) is 74.9 Å². The van der Waals surface area contributed by atoms with E-state index in [0.29, 0.717) is 0 Å². The van der Waals surface area contributed by atoms with Gasteiger partial charge in [-0.3, -0.25) is 0 Å². The zero-order valence-electron chi connectivity index (χ0n) is 10.7. The van der Waals surface area contributed by atoms with E-state index in [0.717, 1.165) is 5.92 Å². The first-order chi connectivity index (χ1) is 8.29. The van der Waals surface area contributed by atoms with Crippen LogP contribution in [0.1, 0.15) is 25.8 Å². The Bertz CT molecular complexity index is 439. The Kier molecular flexibility index (Phi) is 3.98. The van der Waals surface area contributed by atoms with Gasteiger partial charge in [-0.25, -0.2) is 0 Å². The SMILES string of the molecule is CCC(C)Cc1ccc(-c2ccccc2)cc1. The topological polar surface area (TPSA) is 0 Å². The van der Waals surface area contributed by atoms with E-state index in [1.165, 1.54) is 29.5 Å². The van der Waals surface area contributed by atoms with E-state index in [4.69, 9.17) is 0 Å². The predicted octanol–water partition coefficient (Wildman–Crippen LogP) is 4.94. The molecule has 0 bridgehead atoms. The van der Waals surface area contributed by atoms with Crippen LogP contribution < -0.4 is 0 Å². The minimum Gasteiger partial charge on any atom is -0.0651 e. The third-order valence-corrected chi connectivity index (χ3v) is 3.34. The molecule has 2 aromatic carbocycles. The van der Waals surface area contributed by atoms with Gasteiger partial charge in [0.2, 0.25) is 0 Å². The lowest BCUT2D eigenvalue weighted by Crippen LogP contribution is -1.97. The van der Waals surface area contributed by atoms with Gasteiger partial charge < -0.3 is 0 Å². The lowest BCUT2D eigenvalue weighted by atomic mass is 9.97. The third kappa shape index (κ3) is 3.20. The van der Waals surface area contributed by atoms with Gasteiger partial charge in [0.25, 0.3) is 0 Å². The van der Waals surface area contributed by atoms with Crippen molar-refractivity contribution in [3.8, 4) is 11.1 Å². The number of benzene rings is 2. The second kappa shape index (κ2) is 5.67. The maximum absolute atomic E-state index is 2.31. The molecule has 0 aliphatic carbocycles. The molecule has 17 heavy (non-hydrogen) atoms. The second-order valence-corrected chi connectivity index (χ2v) is 4.78. The Morgan fingerprint density at radius 1 is 0.824 bits per heavy atom. The summed E-state index contributed by atoms with van der Waals surface area (Å²) in [6.45, 7) is 4.56. The van der Waals surface area contributed by atoms with Crippen LogP contribution in [-0.4, -0.2) is 0 Å². The van der Waals surface area contributed by atoms with Gasteiger partial charge in [0, 0.05) is 0 Å². The largest absolute Gasteiger partial charge is 0.0651 e. The van der Waals surface area contributed by atoms with Gasteiger partial charge in [-0.2, -0.15) is 0 Å². The lowest BCUT2D eigenvalue weighted by Gasteiger charge is -2.09. The maximum Gasteiger partial charge on any atom is -0.0184 e. The molecule has 0 spiro atoms. The van der Waals surface area contributed by atoms with Crippen molar-refractivity contribution < 1.29 is 0 Å². The van der Waals surface area contributed by atoms with Crippen molar-refractivity contribution >= 4 is 0 Å². The lowest BCUT2D eigenvalue weighted by molar-refractivity contribution is 0.560. The summed E-state index contributed by atoms with van der Waals surface area (Å²) in [4.78, 5) is 0. The number of hydrogen-bond acceptors (Lipinski definition) is 0. The smallest absolute Gasteiger partial charge is 0.0184 e. The average Bonchev–Trinajstić information content (AvgIpc) is 2.40. The highest BCUT2D eigenvalue weighted by molar-refractivity contribution is 5.63. The predicted molar refractivity (Wildman–Crippen MR) is 75.0 cm³/mol. The molecule has 0 aliphatic rings. The molecular formula is C17H20. The normalized spacial score (nSPS) is 12.4. The summed E-state index contributed by atoms with van der Waals surface area (Å²) < 4.78 is 0. The van der Waals surface area contributed by atoms with Crippen molar-refractivity contribution in [2.45, 2.75) is 26.7 Å². The summed E-state index contributed by atoms with van der Waals surface area (Å²) in [5.74, 6) is 0.776. The quantitative estimate of drug-likeness (QED) is 0.690. The zero-order valence-corrected chi connectivity index (χ0v) is 10.7. The standard InChI is InChI=1S/C17H20/c1-3-14(2)13-15-9-11-17(12-10-15)16-7-5-4-6-8-16/h4-12,14H,3,13H2,1-2H3. The first-order valence-electron chi connectivity index (χ1n) is 6.44. The van der Waals surface area contributed by atoms with E-state index in [-0.39, 0.29) is 0 Å². The molecule has 0 amide bonds. The van der Waals surface area contributed by atoms with Crippen molar-refractivity contribution in [3.63, 3.8) is 0 Å². The molecule has 88 valence electrons. The highest BCUT2D eigenvalue weighted by atomic mass is 14.1. The van der Waals surface area contributed by atoms with Gasteiger partial charge in [-0.05, 0) is 29.0 Å². The van der Waals surface area contributed by atoms with Gasteiger partial charge in [0.05, 0.1) is 0 Å². The molecule has 0 saturated carbocycles. The van der Waals surface area contributed by atoms with E-state index >= 15 is 0 Å². The van der Waals surface area contributed by atoms with Crippen LogP contribution in [0.3, 0.4) is 0 Å². The molecular weight excluding hydrogens is 204 g/mol. The Balaban J connectivity index is 2.13. The molecule has 0 saturated heterocycles. The molecule has 1 unspecified atom stereocenters. The summed E-state index contributed by atoms with van der Waals surface area (Å²) in [5.41, 5.74) is 4.04. The molecule has 0 radical (unpaired) electrons. The fourth-order valence-electron chi connectivity index (χ4n) is 2.01. The second-order valence-electron chi connectivity index (χ2n) is 4.78. The molecule has 0 N–H and O–H groups in total. The van der Waals surface area contributed by atoms with E-state index in [9.17, 15) is 0 Å². The molecule has 0 fully saturated rings. The number of hydrogen-bond donors (Lipinski definition) is 0. The zero-order chi connectivity index (χ0) is 12.1.